The SMILES string of the molecule is CCOC(=O)NCC(=O)N1CCC2(CC1)C[C@H](CCN1CCN(c3ccc(F)cc3)C[C@@H]1C)NC2=O. The molecule has 3 fully saturated rings. The molecule has 36 heavy (non-hydrogen) atoms. The van der Waals surface area contributed by atoms with Crippen LogP contribution in [0.2, 0.25) is 0 Å². The van der Waals surface area contributed by atoms with Crippen molar-refractivity contribution in [3.05, 3.63) is 30.1 Å². The fraction of sp³-hybridized carbons (Fsp3) is 0.654. The van der Waals surface area contributed by atoms with E-state index >= 15 is 0 Å². The minimum atomic E-state index is -0.594. The Labute approximate surface area is 212 Å². The number of ether oxygens (including phenoxy) is 1. The number of anilines is 1. The third-order valence-corrected chi connectivity index (χ3v) is 7.91. The second-order valence-electron chi connectivity index (χ2n) is 10.2. The van der Waals surface area contributed by atoms with Gasteiger partial charge in [-0.1, -0.05) is 0 Å². The van der Waals surface area contributed by atoms with Crippen LogP contribution in [0.25, 0.3) is 0 Å². The van der Waals surface area contributed by atoms with E-state index in [2.05, 4.69) is 27.4 Å². The monoisotopic (exact) mass is 503 g/mol. The number of piperidine rings is 1. The number of alkyl carbamates (subject to hydrolysis) is 1. The average Bonchev–Trinajstić information content (AvgIpc) is 3.17. The topological polar surface area (TPSA) is 94.2 Å². The van der Waals surface area contributed by atoms with Crippen molar-refractivity contribution in [1.29, 1.82) is 0 Å². The van der Waals surface area contributed by atoms with Crippen LogP contribution in [-0.4, -0.2) is 92.2 Å². The maximum absolute atomic E-state index is 13.2. The highest BCUT2D eigenvalue weighted by Gasteiger charge is 2.48. The number of amides is 3. The summed E-state index contributed by atoms with van der Waals surface area (Å²) in [4.78, 5) is 43.3. The first-order valence-corrected chi connectivity index (χ1v) is 13.0. The van der Waals surface area contributed by atoms with E-state index in [9.17, 15) is 18.8 Å². The Bertz CT molecular complexity index is 935. The molecule has 0 bridgehead atoms. The molecular formula is C26H38FN5O4. The molecule has 0 radical (unpaired) electrons. The van der Waals surface area contributed by atoms with Crippen LogP contribution in [0, 0.1) is 11.2 Å². The molecule has 0 unspecified atom stereocenters. The second-order valence-corrected chi connectivity index (χ2v) is 10.2. The summed E-state index contributed by atoms with van der Waals surface area (Å²) < 4.78 is 18.0. The molecule has 2 N–H and O–H groups in total. The molecule has 1 aromatic carbocycles. The summed E-state index contributed by atoms with van der Waals surface area (Å²) in [5, 5.41) is 5.69. The van der Waals surface area contributed by atoms with Crippen LogP contribution in [0.15, 0.2) is 24.3 Å². The summed E-state index contributed by atoms with van der Waals surface area (Å²) in [5.74, 6) is -0.259. The molecule has 3 amide bonds. The van der Waals surface area contributed by atoms with Crippen molar-refractivity contribution >= 4 is 23.6 Å². The lowest BCUT2D eigenvalue weighted by atomic mass is 9.75. The molecule has 3 heterocycles. The van der Waals surface area contributed by atoms with Gasteiger partial charge in [0.15, 0.2) is 0 Å². The first kappa shape index (κ1) is 26.2. The minimum Gasteiger partial charge on any atom is -0.450 e. The largest absolute Gasteiger partial charge is 0.450 e. The number of likely N-dealkylation sites (tertiary alicyclic amines) is 1. The van der Waals surface area contributed by atoms with Crippen molar-refractivity contribution in [2.24, 2.45) is 5.41 Å². The summed E-state index contributed by atoms with van der Waals surface area (Å²) in [5.41, 5.74) is 0.650. The van der Waals surface area contributed by atoms with Gasteiger partial charge in [-0.2, -0.15) is 0 Å². The Hall–Kier alpha value is -2.88. The van der Waals surface area contributed by atoms with E-state index in [1.165, 1.54) is 12.1 Å². The molecule has 1 spiro atoms. The van der Waals surface area contributed by atoms with Crippen molar-refractivity contribution in [1.82, 2.24) is 20.4 Å². The molecule has 3 saturated heterocycles. The highest BCUT2D eigenvalue weighted by Crippen LogP contribution is 2.41. The number of halogens is 1. The lowest BCUT2D eigenvalue weighted by molar-refractivity contribution is -0.137. The van der Waals surface area contributed by atoms with Crippen molar-refractivity contribution in [2.45, 2.75) is 51.6 Å². The Morgan fingerprint density at radius 2 is 1.89 bits per heavy atom. The van der Waals surface area contributed by atoms with Crippen LogP contribution in [0.4, 0.5) is 14.9 Å². The number of nitrogens with zero attached hydrogens (tertiary/aromatic N) is 3. The minimum absolute atomic E-state index is 0.0900. The van der Waals surface area contributed by atoms with E-state index in [-0.39, 0.29) is 36.8 Å². The van der Waals surface area contributed by atoms with Crippen molar-refractivity contribution in [3.8, 4) is 0 Å². The molecule has 198 valence electrons. The van der Waals surface area contributed by atoms with Crippen molar-refractivity contribution < 1.29 is 23.5 Å². The van der Waals surface area contributed by atoms with Crippen LogP contribution >= 0.6 is 0 Å². The fourth-order valence-electron chi connectivity index (χ4n) is 5.72. The summed E-state index contributed by atoms with van der Waals surface area (Å²) in [6.45, 7) is 8.77. The Morgan fingerprint density at radius 1 is 1.17 bits per heavy atom. The van der Waals surface area contributed by atoms with Gasteiger partial charge in [0.25, 0.3) is 0 Å². The molecule has 3 aliphatic heterocycles. The normalized spacial score (nSPS) is 24.0. The molecule has 0 aliphatic carbocycles. The molecule has 10 heteroatoms. The number of piperazine rings is 1. The van der Waals surface area contributed by atoms with E-state index in [1.54, 1.807) is 11.8 Å². The summed E-state index contributed by atoms with van der Waals surface area (Å²) >= 11 is 0. The highest BCUT2D eigenvalue weighted by molar-refractivity contribution is 5.86. The number of rotatable bonds is 7. The van der Waals surface area contributed by atoms with Gasteiger partial charge in [-0.25, -0.2) is 9.18 Å². The molecule has 9 nitrogen and oxygen atoms in total. The number of hydrogen-bond donors (Lipinski definition) is 2. The van der Waals surface area contributed by atoms with E-state index in [4.69, 9.17) is 4.74 Å². The first-order chi connectivity index (χ1) is 17.3. The van der Waals surface area contributed by atoms with Gasteiger partial charge >= 0.3 is 6.09 Å². The summed E-state index contributed by atoms with van der Waals surface area (Å²) in [6.07, 6.45) is 2.41. The van der Waals surface area contributed by atoms with E-state index in [0.717, 1.165) is 44.7 Å². The Morgan fingerprint density at radius 3 is 2.56 bits per heavy atom. The van der Waals surface area contributed by atoms with Crippen molar-refractivity contribution in [2.75, 3.05) is 57.3 Å². The van der Waals surface area contributed by atoms with Gasteiger partial charge in [0.05, 0.1) is 12.0 Å². The Balaban J connectivity index is 1.20. The van der Waals surface area contributed by atoms with E-state index in [1.807, 2.05) is 12.1 Å². The predicted molar refractivity (Wildman–Crippen MR) is 134 cm³/mol. The molecule has 4 rings (SSSR count). The smallest absolute Gasteiger partial charge is 0.407 e. The summed E-state index contributed by atoms with van der Waals surface area (Å²) in [7, 11) is 0. The molecule has 3 aliphatic rings. The van der Waals surface area contributed by atoms with Gasteiger partial charge in [0, 0.05) is 57.0 Å². The predicted octanol–water partition coefficient (Wildman–Crippen LogP) is 1.97. The van der Waals surface area contributed by atoms with Gasteiger partial charge in [0.1, 0.15) is 12.4 Å². The zero-order chi connectivity index (χ0) is 25.7. The van der Waals surface area contributed by atoms with Crippen LogP contribution in [0.5, 0.6) is 0 Å². The first-order valence-electron chi connectivity index (χ1n) is 13.0. The highest BCUT2D eigenvalue weighted by atomic mass is 19.1. The van der Waals surface area contributed by atoms with Gasteiger partial charge in [0.2, 0.25) is 11.8 Å². The Kier molecular flexibility index (Phi) is 8.33. The quantitative estimate of drug-likeness (QED) is 0.591. The molecule has 2 atom stereocenters. The molecule has 0 saturated carbocycles. The van der Waals surface area contributed by atoms with Gasteiger partial charge in [-0.05, 0) is 63.8 Å². The van der Waals surface area contributed by atoms with E-state index in [0.29, 0.717) is 32.0 Å². The fourth-order valence-corrected chi connectivity index (χ4v) is 5.72. The van der Waals surface area contributed by atoms with Crippen LogP contribution in [0.1, 0.15) is 39.5 Å². The zero-order valence-electron chi connectivity index (χ0n) is 21.3. The molecular weight excluding hydrogens is 465 g/mol. The maximum Gasteiger partial charge on any atom is 0.407 e. The number of carbonyl (C=O) groups is 3. The third-order valence-electron chi connectivity index (χ3n) is 7.91. The van der Waals surface area contributed by atoms with Gasteiger partial charge in [-0.15, -0.1) is 0 Å². The average molecular weight is 504 g/mol. The zero-order valence-corrected chi connectivity index (χ0v) is 21.3. The van der Waals surface area contributed by atoms with Crippen LogP contribution in [-0.2, 0) is 14.3 Å². The second kappa shape index (κ2) is 11.5. The lowest BCUT2D eigenvalue weighted by Gasteiger charge is -2.41. The lowest BCUT2D eigenvalue weighted by Crippen LogP contribution is -2.52. The number of nitrogens with one attached hydrogen (secondary N) is 2. The van der Waals surface area contributed by atoms with Gasteiger partial charge < -0.3 is 25.2 Å². The number of hydrogen-bond acceptors (Lipinski definition) is 6. The van der Waals surface area contributed by atoms with E-state index < -0.39 is 11.5 Å². The van der Waals surface area contributed by atoms with Gasteiger partial charge in [-0.3, -0.25) is 14.5 Å². The maximum atomic E-state index is 13.2. The van der Waals surface area contributed by atoms with Crippen LogP contribution < -0.4 is 15.5 Å². The molecule has 1 aromatic rings. The summed E-state index contributed by atoms with van der Waals surface area (Å²) in [6, 6.07) is 7.19. The van der Waals surface area contributed by atoms with Crippen LogP contribution in [0.3, 0.4) is 0 Å². The number of carbonyl (C=O) groups excluding carboxylic acids is 3. The third kappa shape index (κ3) is 6.08. The van der Waals surface area contributed by atoms with Crippen molar-refractivity contribution in [3.63, 3.8) is 0 Å². The number of benzene rings is 1. The standard InChI is InChI=1S/C26H38FN5O4/c1-3-36-25(35)28-17-23(33)31-12-9-26(10-13-31)16-21(29-24(26)34)8-11-30-14-15-32(18-19(30)2)22-6-4-20(27)5-7-22/h4-7,19,21H,3,8-18H2,1-2H3,(H,28,35)(H,29,34)/t19-,21-/m0/s1. The molecule has 0 aromatic heterocycles.